The van der Waals surface area contributed by atoms with Crippen molar-refractivity contribution in [2.75, 3.05) is 0 Å². The molecule has 0 fully saturated rings. The van der Waals surface area contributed by atoms with E-state index in [0.29, 0.717) is 12.0 Å². The number of hydrogen-bond acceptors (Lipinski definition) is 2. The van der Waals surface area contributed by atoms with Gasteiger partial charge in [-0.15, -0.1) is 6.58 Å². The van der Waals surface area contributed by atoms with Crippen LogP contribution in [0.1, 0.15) is 47.1 Å². The molecule has 1 rings (SSSR count). The zero-order chi connectivity index (χ0) is 18.3. The average molecular weight is 355 g/mol. The molecule has 0 spiro atoms. The zero-order valence-corrected chi connectivity index (χ0v) is 17.2. The molecule has 5 heteroatoms. The van der Waals surface area contributed by atoms with Crippen LogP contribution in [-0.2, 0) is 16.5 Å². The lowest BCUT2D eigenvalue weighted by atomic mass is 10.1. The van der Waals surface area contributed by atoms with E-state index in [-0.39, 0.29) is 15.0 Å². The van der Waals surface area contributed by atoms with Gasteiger partial charge in [-0.1, -0.05) is 72.4 Å². The average Bonchev–Trinajstić information content (AvgIpc) is 2.33. The Hall–Kier alpha value is -0.913. The van der Waals surface area contributed by atoms with Gasteiger partial charge in [-0.3, -0.25) is 4.55 Å². The highest BCUT2D eigenvalue weighted by Gasteiger charge is 2.52. The first-order valence-electron chi connectivity index (χ1n) is 7.88. The Morgan fingerprint density at radius 3 is 1.96 bits per heavy atom. The van der Waals surface area contributed by atoms with Crippen LogP contribution >= 0.6 is 0 Å². The highest BCUT2D eigenvalue weighted by atomic mass is 32.2. The van der Waals surface area contributed by atoms with Crippen LogP contribution in [-0.4, -0.2) is 21.0 Å². The minimum atomic E-state index is -4.30. The zero-order valence-electron chi connectivity index (χ0n) is 15.4. The van der Waals surface area contributed by atoms with Crippen molar-refractivity contribution in [1.82, 2.24) is 0 Å². The van der Waals surface area contributed by atoms with Crippen LogP contribution in [0.3, 0.4) is 0 Å². The number of rotatable bonds is 4. The fourth-order valence-electron chi connectivity index (χ4n) is 3.53. The van der Waals surface area contributed by atoms with Crippen LogP contribution in [0.25, 0.3) is 0 Å². The van der Waals surface area contributed by atoms with Gasteiger partial charge in [0.2, 0.25) is 0 Å². The molecule has 0 saturated carbocycles. The maximum absolute atomic E-state index is 12.2. The molecule has 1 aromatic rings. The van der Waals surface area contributed by atoms with Crippen molar-refractivity contribution < 1.29 is 13.0 Å². The molecule has 0 aliphatic heterocycles. The van der Waals surface area contributed by atoms with Gasteiger partial charge in [0.25, 0.3) is 10.1 Å². The third kappa shape index (κ3) is 3.62. The lowest BCUT2D eigenvalue weighted by Gasteiger charge is -2.50. The SMILES string of the molecule is C=CCc1cccc([Si](C)(C(C)(C)C)C(C)(C)C)c1S(=O)(=O)O. The summed E-state index contributed by atoms with van der Waals surface area (Å²) >= 11 is 0. The molecule has 0 aliphatic rings. The van der Waals surface area contributed by atoms with Crippen molar-refractivity contribution in [3.8, 4) is 0 Å². The van der Waals surface area contributed by atoms with E-state index in [1.54, 1.807) is 12.1 Å². The number of allylic oxidation sites excluding steroid dienone is 1. The van der Waals surface area contributed by atoms with Crippen molar-refractivity contribution in [3.63, 3.8) is 0 Å². The minimum Gasteiger partial charge on any atom is -0.282 e. The second-order valence-electron chi connectivity index (χ2n) is 8.39. The van der Waals surface area contributed by atoms with Gasteiger partial charge in [0, 0.05) is 0 Å². The van der Waals surface area contributed by atoms with Gasteiger partial charge in [0.1, 0.15) is 0 Å². The molecule has 23 heavy (non-hydrogen) atoms. The first-order chi connectivity index (χ1) is 10.2. The Bertz CT molecular complexity index is 678. The van der Waals surface area contributed by atoms with Crippen molar-refractivity contribution in [2.24, 2.45) is 0 Å². The largest absolute Gasteiger partial charge is 0.294 e. The summed E-state index contributed by atoms with van der Waals surface area (Å²) in [6, 6.07) is 5.54. The van der Waals surface area contributed by atoms with Crippen LogP contribution < -0.4 is 5.19 Å². The van der Waals surface area contributed by atoms with E-state index < -0.39 is 18.2 Å². The molecule has 0 aromatic heterocycles. The van der Waals surface area contributed by atoms with Gasteiger partial charge >= 0.3 is 0 Å². The Balaban J connectivity index is 3.97. The molecular weight excluding hydrogens is 324 g/mol. The van der Waals surface area contributed by atoms with E-state index >= 15 is 0 Å². The predicted molar refractivity (Wildman–Crippen MR) is 101 cm³/mol. The summed E-state index contributed by atoms with van der Waals surface area (Å²) in [4.78, 5) is 0.0962. The van der Waals surface area contributed by atoms with E-state index in [1.807, 2.05) is 12.1 Å². The van der Waals surface area contributed by atoms with Crippen LogP contribution in [0, 0.1) is 0 Å². The molecule has 0 unspecified atom stereocenters. The molecule has 0 atom stereocenters. The van der Waals surface area contributed by atoms with Gasteiger partial charge in [-0.05, 0) is 27.2 Å². The normalized spacial score (nSPS) is 13.9. The Morgan fingerprint density at radius 1 is 1.13 bits per heavy atom. The first-order valence-corrected chi connectivity index (χ1v) is 11.8. The maximum Gasteiger partial charge on any atom is 0.294 e. The highest BCUT2D eigenvalue weighted by Crippen LogP contribution is 2.51. The molecule has 0 heterocycles. The summed E-state index contributed by atoms with van der Waals surface area (Å²) < 4.78 is 34.3. The van der Waals surface area contributed by atoms with Gasteiger partial charge in [0.15, 0.2) is 0 Å². The second-order valence-corrected chi connectivity index (χ2v) is 15.5. The third-order valence-corrected chi connectivity index (χ3v) is 13.9. The standard InChI is InChI=1S/C18H30O3SSi/c1-9-11-14-12-10-13-15(16(14)22(19,20)21)23(8,17(2,3)4)18(5,6)7/h9-10,12-13H,1,11H2,2-8H3,(H,19,20,21). The lowest BCUT2D eigenvalue weighted by Crippen LogP contribution is -2.60. The van der Waals surface area contributed by atoms with Crippen LogP contribution in [0.15, 0.2) is 35.7 Å². The monoisotopic (exact) mass is 354 g/mol. The number of benzene rings is 1. The van der Waals surface area contributed by atoms with E-state index in [9.17, 15) is 13.0 Å². The molecule has 0 amide bonds. The molecule has 1 N–H and O–H groups in total. The fourth-order valence-corrected chi connectivity index (χ4v) is 10.3. The molecule has 0 saturated heterocycles. The Kier molecular flexibility index (Phi) is 5.41. The predicted octanol–water partition coefficient (Wildman–Crippen LogP) is 4.55. The summed E-state index contributed by atoms with van der Waals surface area (Å²) in [6.45, 7) is 18.9. The lowest BCUT2D eigenvalue weighted by molar-refractivity contribution is 0.483. The van der Waals surface area contributed by atoms with Crippen molar-refractivity contribution in [2.45, 2.75) is 69.5 Å². The van der Waals surface area contributed by atoms with Gasteiger partial charge in [-0.25, -0.2) is 0 Å². The summed E-state index contributed by atoms with van der Waals surface area (Å²) in [6.07, 6.45) is 2.09. The fraction of sp³-hybridized carbons (Fsp3) is 0.556. The molecule has 1 aromatic carbocycles. The quantitative estimate of drug-likeness (QED) is 0.490. The smallest absolute Gasteiger partial charge is 0.282 e. The molecule has 0 aliphatic carbocycles. The molecule has 3 nitrogen and oxygen atoms in total. The van der Waals surface area contributed by atoms with Gasteiger partial charge in [-0.2, -0.15) is 8.42 Å². The molecule has 130 valence electrons. The molecule has 0 bridgehead atoms. The van der Waals surface area contributed by atoms with Crippen molar-refractivity contribution in [3.05, 3.63) is 36.4 Å². The first kappa shape index (κ1) is 20.1. The van der Waals surface area contributed by atoms with Crippen molar-refractivity contribution in [1.29, 1.82) is 0 Å². The highest BCUT2D eigenvalue weighted by molar-refractivity contribution is 7.86. The minimum absolute atomic E-state index is 0.0719. The third-order valence-electron chi connectivity index (χ3n) is 5.26. The Morgan fingerprint density at radius 2 is 1.61 bits per heavy atom. The van der Waals surface area contributed by atoms with Crippen LogP contribution in [0.5, 0.6) is 0 Å². The van der Waals surface area contributed by atoms with E-state index in [4.69, 9.17) is 0 Å². The molecule has 0 radical (unpaired) electrons. The maximum atomic E-state index is 12.2. The van der Waals surface area contributed by atoms with Gasteiger partial charge < -0.3 is 0 Å². The summed E-state index contributed by atoms with van der Waals surface area (Å²) in [5, 5.41) is 0.661. The summed E-state index contributed by atoms with van der Waals surface area (Å²) in [5.41, 5.74) is 0.618. The van der Waals surface area contributed by atoms with E-state index in [1.165, 1.54) is 0 Å². The van der Waals surface area contributed by atoms with Gasteiger partial charge in [0.05, 0.1) is 13.0 Å². The second kappa shape index (κ2) is 6.19. The van der Waals surface area contributed by atoms with E-state index in [2.05, 4.69) is 54.7 Å². The van der Waals surface area contributed by atoms with Crippen LogP contribution in [0.4, 0.5) is 0 Å². The summed E-state index contributed by atoms with van der Waals surface area (Å²) in [5.74, 6) is 0. The van der Waals surface area contributed by atoms with Crippen molar-refractivity contribution >= 4 is 23.4 Å². The molecular formula is C18H30O3SSi. The van der Waals surface area contributed by atoms with Crippen LogP contribution in [0.2, 0.25) is 16.6 Å². The topological polar surface area (TPSA) is 54.4 Å². The Labute approximate surface area is 142 Å². The summed E-state index contributed by atoms with van der Waals surface area (Å²) in [7, 11) is -6.62. The van der Waals surface area contributed by atoms with E-state index in [0.717, 1.165) is 5.19 Å². The number of hydrogen-bond donors (Lipinski definition) is 1.